The van der Waals surface area contributed by atoms with Crippen LogP contribution in [0.25, 0.3) is 0 Å². The summed E-state index contributed by atoms with van der Waals surface area (Å²) in [5, 5.41) is 0. The third kappa shape index (κ3) is 3.89. The lowest BCUT2D eigenvalue weighted by molar-refractivity contribution is -0.209. The first-order valence-corrected chi connectivity index (χ1v) is 14.0. The first kappa shape index (κ1) is 26.7. The van der Waals surface area contributed by atoms with Gasteiger partial charge >= 0.3 is 11.9 Å². The number of rotatable bonds is 5. The van der Waals surface area contributed by atoms with E-state index in [1.165, 1.54) is 39.2 Å². The predicted octanol–water partition coefficient (Wildman–Crippen LogP) is 6.37. The van der Waals surface area contributed by atoms with Crippen molar-refractivity contribution < 1.29 is 23.9 Å². The Labute approximate surface area is 212 Å². The molecule has 5 nitrogen and oxygen atoms in total. The number of hydrogen-bond acceptors (Lipinski definition) is 5. The van der Waals surface area contributed by atoms with Crippen molar-refractivity contribution in [3.63, 3.8) is 0 Å². The Kier molecular flexibility index (Phi) is 6.76. The topological polar surface area (TPSA) is 69.7 Å². The van der Waals surface area contributed by atoms with Crippen molar-refractivity contribution >= 4 is 17.7 Å². The molecule has 0 aromatic carbocycles. The molecule has 4 aliphatic rings. The van der Waals surface area contributed by atoms with E-state index in [2.05, 4.69) is 46.3 Å². The number of ether oxygens (including phenoxy) is 2. The second-order valence-electron chi connectivity index (χ2n) is 13.9. The van der Waals surface area contributed by atoms with Gasteiger partial charge in [0.15, 0.2) is 0 Å². The van der Waals surface area contributed by atoms with E-state index in [-0.39, 0.29) is 45.4 Å². The number of esters is 2. The lowest BCUT2D eigenvalue weighted by Crippen LogP contribution is -2.62. The molecule has 4 fully saturated rings. The lowest BCUT2D eigenvalue weighted by Gasteiger charge is -2.67. The van der Waals surface area contributed by atoms with Crippen LogP contribution >= 0.6 is 0 Å². The standard InChI is InChI=1S/C30H48O5/c1-18(17-23(32)26(33)34-8)20-11-15-30(7)22-9-10-24-27(3,4)25(35-19(2)31)13-14-28(24,5)21(22)12-16-29(20,30)6/h18,20-22,24-25H,9-17H2,1-8H3/t18-,20?,21?,22?,24?,25+,28?,29?,30+/m1/s1. The summed E-state index contributed by atoms with van der Waals surface area (Å²) in [6, 6.07) is 0. The smallest absolute Gasteiger partial charge is 0.374 e. The van der Waals surface area contributed by atoms with Gasteiger partial charge < -0.3 is 9.47 Å². The number of carbonyl (C=O) groups is 3. The Morgan fingerprint density at radius 2 is 1.51 bits per heavy atom. The third-order valence-corrected chi connectivity index (χ3v) is 12.4. The molecule has 0 bridgehead atoms. The van der Waals surface area contributed by atoms with E-state index in [9.17, 15) is 14.4 Å². The molecular weight excluding hydrogens is 440 g/mol. The van der Waals surface area contributed by atoms with Gasteiger partial charge in [-0.05, 0) is 97.2 Å². The van der Waals surface area contributed by atoms with Gasteiger partial charge in [-0.25, -0.2) is 4.79 Å². The third-order valence-electron chi connectivity index (χ3n) is 12.4. The quantitative estimate of drug-likeness (QED) is 0.332. The molecule has 0 saturated heterocycles. The van der Waals surface area contributed by atoms with E-state index < -0.39 is 5.97 Å². The molecule has 0 amide bonds. The number of fused-ring (bicyclic) bond motifs is 5. The largest absolute Gasteiger partial charge is 0.463 e. The van der Waals surface area contributed by atoms with Crippen LogP contribution in [0.1, 0.15) is 106 Å². The minimum Gasteiger partial charge on any atom is -0.463 e. The summed E-state index contributed by atoms with van der Waals surface area (Å²) < 4.78 is 10.5. The highest BCUT2D eigenvalue weighted by Gasteiger charge is 2.67. The van der Waals surface area contributed by atoms with Gasteiger partial charge in [-0.2, -0.15) is 0 Å². The van der Waals surface area contributed by atoms with Crippen molar-refractivity contribution in [1.29, 1.82) is 0 Å². The monoisotopic (exact) mass is 488 g/mol. The molecule has 9 atom stereocenters. The minimum absolute atomic E-state index is 0.00767. The fourth-order valence-corrected chi connectivity index (χ4v) is 10.5. The molecule has 0 aromatic heterocycles. The fraction of sp³-hybridized carbons (Fsp3) is 0.900. The molecule has 4 aliphatic carbocycles. The van der Waals surface area contributed by atoms with Crippen LogP contribution in [0.3, 0.4) is 0 Å². The van der Waals surface area contributed by atoms with E-state index in [0.717, 1.165) is 19.3 Å². The van der Waals surface area contributed by atoms with Crippen LogP contribution < -0.4 is 0 Å². The molecule has 198 valence electrons. The zero-order valence-corrected chi connectivity index (χ0v) is 23.4. The van der Waals surface area contributed by atoms with Gasteiger partial charge in [0.2, 0.25) is 5.78 Å². The Bertz CT molecular complexity index is 878. The number of ketones is 1. The first-order chi connectivity index (χ1) is 16.2. The summed E-state index contributed by atoms with van der Waals surface area (Å²) in [5.74, 6) is 1.36. The van der Waals surface area contributed by atoms with Crippen LogP contribution in [-0.2, 0) is 23.9 Å². The molecule has 0 heterocycles. The van der Waals surface area contributed by atoms with Gasteiger partial charge in [0, 0.05) is 18.8 Å². The van der Waals surface area contributed by atoms with Crippen molar-refractivity contribution in [3.8, 4) is 0 Å². The minimum atomic E-state index is -0.704. The van der Waals surface area contributed by atoms with Crippen LogP contribution in [0.5, 0.6) is 0 Å². The molecule has 0 N–H and O–H groups in total. The van der Waals surface area contributed by atoms with Crippen LogP contribution in [0.2, 0.25) is 0 Å². The van der Waals surface area contributed by atoms with Gasteiger partial charge in [0.25, 0.3) is 0 Å². The summed E-state index contributed by atoms with van der Waals surface area (Å²) in [7, 11) is 1.29. The van der Waals surface area contributed by atoms with Crippen molar-refractivity contribution in [2.75, 3.05) is 7.11 Å². The Balaban J connectivity index is 1.57. The highest BCUT2D eigenvalue weighted by molar-refractivity contribution is 6.33. The van der Waals surface area contributed by atoms with Crippen molar-refractivity contribution in [1.82, 2.24) is 0 Å². The fourth-order valence-electron chi connectivity index (χ4n) is 10.5. The number of methoxy groups -OCH3 is 1. The Hall–Kier alpha value is -1.39. The molecule has 5 heteroatoms. The number of hydrogen-bond donors (Lipinski definition) is 0. The summed E-state index contributed by atoms with van der Waals surface area (Å²) in [6.07, 6.45) is 9.66. The van der Waals surface area contributed by atoms with Crippen LogP contribution in [-0.4, -0.2) is 30.9 Å². The predicted molar refractivity (Wildman–Crippen MR) is 135 cm³/mol. The maximum absolute atomic E-state index is 12.4. The van der Waals surface area contributed by atoms with Crippen molar-refractivity contribution in [2.24, 2.45) is 51.2 Å². The SMILES string of the molecule is COC(=O)C(=O)C[C@@H](C)C1CC[C@@]2(C)C3CCC4C(C)(CC[C@H](OC(C)=O)C4(C)C)C3CCC12C. The second kappa shape index (κ2) is 8.87. The molecule has 4 rings (SSSR count). The zero-order valence-electron chi connectivity index (χ0n) is 23.4. The average Bonchev–Trinajstić information content (AvgIpc) is 3.06. The van der Waals surface area contributed by atoms with Gasteiger partial charge in [-0.15, -0.1) is 0 Å². The maximum atomic E-state index is 12.4. The van der Waals surface area contributed by atoms with Crippen LogP contribution in [0, 0.1) is 51.2 Å². The van der Waals surface area contributed by atoms with Crippen molar-refractivity contribution in [3.05, 3.63) is 0 Å². The average molecular weight is 489 g/mol. The van der Waals surface area contributed by atoms with E-state index in [1.807, 2.05) is 0 Å². The summed E-state index contributed by atoms with van der Waals surface area (Å²) in [4.78, 5) is 35.9. The molecule has 0 aromatic rings. The van der Waals surface area contributed by atoms with E-state index in [4.69, 9.17) is 4.74 Å². The highest BCUT2D eigenvalue weighted by Crippen LogP contribution is 2.74. The summed E-state index contributed by atoms with van der Waals surface area (Å²) in [5.41, 5.74) is 0.718. The van der Waals surface area contributed by atoms with Crippen LogP contribution in [0.15, 0.2) is 0 Å². The van der Waals surface area contributed by atoms with Gasteiger partial charge in [-0.1, -0.05) is 41.5 Å². The molecular formula is C30H48O5. The van der Waals surface area contributed by atoms with Crippen LogP contribution in [0.4, 0.5) is 0 Å². The normalized spacial score (nSPS) is 44.9. The van der Waals surface area contributed by atoms with Gasteiger partial charge in [0.05, 0.1) is 7.11 Å². The molecule has 6 unspecified atom stereocenters. The highest BCUT2D eigenvalue weighted by atomic mass is 16.5. The van der Waals surface area contributed by atoms with Gasteiger partial charge in [-0.3, -0.25) is 9.59 Å². The Morgan fingerprint density at radius 3 is 2.14 bits per heavy atom. The molecule has 0 radical (unpaired) electrons. The molecule has 0 aliphatic heterocycles. The second-order valence-corrected chi connectivity index (χ2v) is 13.9. The lowest BCUT2D eigenvalue weighted by atomic mass is 9.38. The first-order valence-electron chi connectivity index (χ1n) is 14.0. The molecule has 4 saturated carbocycles. The maximum Gasteiger partial charge on any atom is 0.374 e. The Morgan fingerprint density at radius 1 is 0.857 bits per heavy atom. The van der Waals surface area contributed by atoms with E-state index >= 15 is 0 Å². The molecule has 35 heavy (non-hydrogen) atoms. The summed E-state index contributed by atoms with van der Waals surface area (Å²) in [6.45, 7) is 16.0. The van der Waals surface area contributed by atoms with Crippen molar-refractivity contribution in [2.45, 2.75) is 112 Å². The van der Waals surface area contributed by atoms with Gasteiger partial charge in [0.1, 0.15) is 6.10 Å². The van der Waals surface area contributed by atoms with E-state index in [1.54, 1.807) is 6.92 Å². The number of carbonyl (C=O) groups excluding carboxylic acids is 3. The molecule has 0 spiro atoms. The van der Waals surface area contributed by atoms with E-state index in [0.29, 0.717) is 30.1 Å². The number of Topliss-reactive ketones (excluding diaryl/α,β-unsaturated/α-hetero) is 1. The summed E-state index contributed by atoms with van der Waals surface area (Å²) >= 11 is 0. The zero-order chi connectivity index (χ0) is 26.0.